The fourth-order valence-electron chi connectivity index (χ4n) is 2.63. The van der Waals surface area contributed by atoms with E-state index in [1.54, 1.807) is 12.1 Å². The van der Waals surface area contributed by atoms with E-state index in [1.807, 2.05) is 45.2 Å². The van der Waals surface area contributed by atoms with Gasteiger partial charge in [-0.15, -0.1) is 0 Å². The molecule has 0 saturated heterocycles. The summed E-state index contributed by atoms with van der Waals surface area (Å²) >= 11 is 0. The summed E-state index contributed by atoms with van der Waals surface area (Å²) in [5.41, 5.74) is 2.92. The highest BCUT2D eigenvalue weighted by Gasteiger charge is 2.26. The van der Waals surface area contributed by atoms with Crippen molar-refractivity contribution < 1.29 is 14.6 Å². The van der Waals surface area contributed by atoms with Gasteiger partial charge in [0.2, 0.25) is 7.98 Å². The van der Waals surface area contributed by atoms with E-state index >= 15 is 0 Å². The number of benzene rings is 2. The van der Waals surface area contributed by atoms with E-state index < -0.39 is 0 Å². The Labute approximate surface area is 125 Å². The Morgan fingerprint density at radius 1 is 1.33 bits per heavy atom. The standard InChI is InChI=1S/C16H18BNO3/c1-2-20-15-10-21-16-13(7-4-8-14(16)18(15)17)11-5-3-6-12(19)9-11/h3-9,15,19H,2,10,17H2,1H3. The van der Waals surface area contributed by atoms with Crippen LogP contribution in [0.15, 0.2) is 42.5 Å². The lowest BCUT2D eigenvalue weighted by atomic mass is 10.0. The molecule has 1 heterocycles. The highest BCUT2D eigenvalue weighted by Crippen LogP contribution is 2.41. The van der Waals surface area contributed by atoms with Crippen molar-refractivity contribution in [3.8, 4) is 22.6 Å². The molecule has 1 aliphatic rings. The quantitative estimate of drug-likeness (QED) is 0.877. The van der Waals surface area contributed by atoms with Crippen molar-refractivity contribution in [1.82, 2.24) is 0 Å². The first kappa shape index (κ1) is 13.8. The normalized spacial score (nSPS) is 17.2. The second kappa shape index (κ2) is 5.70. The Morgan fingerprint density at radius 2 is 2.14 bits per heavy atom. The van der Waals surface area contributed by atoms with Gasteiger partial charge in [0.1, 0.15) is 18.1 Å². The van der Waals surface area contributed by atoms with Crippen molar-refractivity contribution in [3.63, 3.8) is 0 Å². The summed E-state index contributed by atoms with van der Waals surface area (Å²) in [7, 11) is 2.01. The molecule has 4 nitrogen and oxygen atoms in total. The Hall–Kier alpha value is -2.14. The lowest BCUT2D eigenvalue weighted by molar-refractivity contribution is 0.0287. The molecule has 0 aromatic heterocycles. The summed E-state index contributed by atoms with van der Waals surface area (Å²) in [4.78, 5) is 2.09. The minimum atomic E-state index is -0.0677. The van der Waals surface area contributed by atoms with Crippen LogP contribution in [0, 0.1) is 0 Å². The lowest BCUT2D eigenvalue weighted by Gasteiger charge is -2.36. The molecule has 1 unspecified atom stereocenters. The zero-order chi connectivity index (χ0) is 14.8. The third kappa shape index (κ3) is 2.57. The molecule has 1 N–H and O–H groups in total. The Morgan fingerprint density at radius 3 is 2.90 bits per heavy atom. The van der Waals surface area contributed by atoms with Crippen molar-refractivity contribution in [2.75, 3.05) is 18.0 Å². The molecule has 0 spiro atoms. The molecule has 21 heavy (non-hydrogen) atoms. The molecule has 0 aliphatic carbocycles. The first-order valence-corrected chi connectivity index (χ1v) is 7.10. The number of anilines is 1. The van der Waals surface area contributed by atoms with Crippen LogP contribution in [-0.4, -0.2) is 32.5 Å². The van der Waals surface area contributed by atoms with Crippen LogP contribution in [0.25, 0.3) is 11.1 Å². The largest absolute Gasteiger partial charge is 0.508 e. The van der Waals surface area contributed by atoms with Gasteiger partial charge < -0.3 is 19.4 Å². The van der Waals surface area contributed by atoms with E-state index in [0.717, 1.165) is 22.6 Å². The maximum atomic E-state index is 9.67. The maximum absolute atomic E-state index is 9.67. The van der Waals surface area contributed by atoms with Crippen molar-refractivity contribution in [2.45, 2.75) is 13.2 Å². The van der Waals surface area contributed by atoms with Crippen molar-refractivity contribution in [1.29, 1.82) is 0 Å². The lowest BCUT2D eigenvalue weighted by Crippen LogP contribution is -2.43. The van der Waals surface area contributed by atoms with Crippen LogP contribution >= 0.6 is 0 Å². The summed E-state index contributed by atoms with van der Waals surface area (Å²) in [6.45, 7) is 3.12. The predicted molar refractivity (Wildman–Crippen MR) is 85.5 cm³/mol. The summed E-state index contributed by atoms with van der Waals surface area (Å²) < 4.78 is 11.6. The average Bonchev–Trinajstić information content (AvgIpc) is 2.50. The first-order chi connectivity index (χ1) is 10.2. The van der Waals surface area contributed by atoms with Gasteiger partial charge in [0.05, 0.1) is 5.69 Å². The summed E-state index contributed by atoms with van der Waals surface area (Å²) in [5, 5.41) is 9.67. The average molecular weight is 283 g/mol. The molecule has 0 bridgehead atoms. The van der Waals surface area contributed by atoms with E-state index in [1.165, 1.54) is 0 Å². The van der Waals surface area contributed by atoms with Gasteiger partial charge >= 0.3 is 0 Å². The van der Waals surface area contributed by atoms with Gasteiger partial charge in [0, 0.05) is 12.2 Å². The molecule has 0 radical (unpaired) electrons. The van der Waals surface area contributed by atoms with Gasteiger partial charge in [-0.25, -0.2) is 0 Å². The van der Waals surface area contributed by atoms with Crippen LogP contribution in [-0.2, 0) is 4.74 Å². The topological polar surface area (TPSA) is 41.9 Å². The first-order valence-electron chi connectivity index (χ1n) is 7.10. The van der Waals surface area contributed by atoms with E-state index in [9.17, 15) is 5.11 Å². The molecular weight excluding hydrogens is 265 g/mol. The van der Waals surface area contributed by atoms with Crippen molar-refractivity contribution >= 4 is 13.7 Å². The Kier molecular flexibility index (Phi) is 3.75. The van der Waals surface area contributed by atoms with Crippen molar-refractivity contribution in [2.24, 2.45) is 0 Å². The Balaban J connectivity index is 2.03. The smallest absolute Gasteiger partial charge is 0.221 e. The fraction of sp³-hybridized carbons (Fsp3) is 0.250. The van der Waals surface area contributed by atoms with Gasteiger partial charge in [-0.3, -0.25) is 0 Å². The van der Waals surface area contributed by atoms with Crippen LogP contribution in [0.4, 0.5) is 5.69 Å². The molecule has 1 atom stereocenters. The number of hydrogen-bond donors (Lipinski definition) is 1. The van der Waals surface area contributed by atoms with Crippen molar-refractivity contribution in [3.05, 3.63) is 42.5 Å². The van der Waals surface area contributed by atoms with Crippen LogP contribution in [0.2, 0.25) is 0 Å². The highest BCUT2D eigenvalue weighted by molar-refractivity contribution is 6.19. The third-order valence-corrected chi connectivity index (χ3v) is 3.69. The molecule has 0 saturated carbocycles. The number of phenolic OH excluding ortho intramolecular Hbond substituents is 1. The molecule has 2 aromatic rings. The predicted octanol–water partition coefficient (Wildman–Crippen LogP) is 2.17. The van der Waals surface area contributed by atoms with E-state index in [-0.39, 0.29) is 12.0 Å². The number of nitrogens with zero attached hydrogens (tertiary/aromatic N) is 1. The Bertz CT molecular complexity index is 647. The van der Waals surface area contributed by atoms with Gasteiger partial charge in [0.25, 0.3) is 0 Å². The number of rotatable bonds is 3. The third-order valence-electron chi connectivity index (χ3n) is 3.69. The van der Waals surface area contributed by atoms with Gasteiger partial charge in [-0.05, 0) is 30.7 Å². The van der Waals surface area contributed by atoms with Crippen LogP contribution < -0.4 is 9.55 Å². The highest BCUT2D eigenvalue weighted by atomic mass is 16.5. The summed E-state index contributed by atoms with van der Waals surface area (Å²) in [6.07, 6.45) is -0.0677. The SMILES string of the molecule is BN1c2cccc(-c3cccc(O)c3)c2OCC1OCC. The molecule has 2 aromatic carbocycles. The second-order valence-electron chi connectivity index (χ2n) is 5.04. The van der Waals surface area contributed by atoms with E-state index in [0.29, 0.717) is 13.2 Å². The zero-order valence-corrected chi connectivity index (χ0v) is 12.2. The minimum absolute atomic E-state index is 0.0677. The molecule has 5 heteroatoms. The number of aromatic hydroxyl groups is 1. The van der Waals surface area contributed by atoms with Gasteiger partial charge in [-0.1, -0.05) is 24.3 Å². The van der Waals surface area contributed by atoms with E-state index in [4.69, 9.17) is 9.47 Å². The zero-order valence-electron chi connectivity index (χ0n) is 12.2. The molecule has 1 aliphatic heterocycles. The number of phenols is 1. The molecule has 0 amide bonds. The molecule has 3 rings (SSSR count). The van der Waals surface area contributed by atoms with Gasteiger partial charge in [0.15, 0.2) is 6.23 Å². The maximum Gasteiger partial charge on any atom is 0.221 e. The van der Waals surface area contributed by atoms with Gasteiger partial charge in [-0.2, -0.15) is 0 Å². The van der Waals surface area contributed by atoms with Crippen LogP contribution in [0.1, 0.15) is 6.92 Å². The number of para-hydroxylation sites is 1. The molecule has 108 valence electrons. The van der Waals surface area contributed by atoms with Crippen LogP contribution in [0.5, 0.6) is 11.5 Å². The number of fused-ring (bicyclic) bond motifs is 1. The summed E-state index contributed by atoms with van der Waals surface area (Å²) in [5.74, 6) is 1.09. The fourth-order valence-corrected chi connectivity index (χ4v) is 2.63. The molecular formula is C16H18BNO3. The molecule has 0 fully saturated rings. The van der Waals surface area contributed by atoms with E-state index in [2.05, 4.69) is 4.81 Å². The monoisotopic (exact) mass is 283 g/mol. The second-order valence-corrected chi connectivity index (χ2v) is 5.04. The number of ether oxygens (including phenoxy) is 2. The number of hydrogen-bond acceptors (Lipinski definition) is 4. The summed E-state index contributed by atoms with van der Waals surface area (Å²) in [6, 6.07) is 13.2. The van der Waals surface area contributed by atoms with Crippen LogP contribution in [0.3, 0.4) is 0 Å². The minimum Gasteiger partial charge on any atom is -0.508 e.